The van der Waals surface area contributed by atoms with Gasteiger partial charge in [0.05, 0.1) is 0 Å². The van der Waals surface area contributed by atoms with Crippen LogP contribution >= 0.6 is 25.3 Å². The van der Waals surface area contributed by atoms with E-state index in [1.165, 1.54) is 6.42 Å². The monoisotopic (exact) mass is 186 g/mol. The van der Waals surface area contributed by atoms with Gasteiger partial charge in [0.1, 0.15) is 0 Å². The zero-order valence-electron chi connectivity index (χ0n) is 6.70. The maximum atomic E-state index is 4.08. The van der Waals surface area contributed by atoms with Crippen LogP contribution in [-0.2, 0) is 0 Å². The summed E-state index contributed by atoms with van der Waals surface area (Å²) in [5, 5.41) is 0. The van der Waals surface area contributed by atoms with Crippen molar-refractivity contribution in [2.75, 3.05) is 5.75 Å². The molecule has 0 aromatic heterocycles. The Bertz CT molecular complexity index is 158. The quantitative estimate of drug-likeness (QED) is 0.618. The van der Waals surface area contributed by atoms with Gasteiger partial charge in [-0.3, -0.25) is 0 Å². The van der Waals surface area contributed by atoms with E-state index in [4.69, 9.17) is 0 Å². The van der Waals surface area contributed by atoms with Crippen molar-refractivity contribution in [2.24, 2.45) is 0 Å². The molecule has 62 valence electrons. The van der Waals surface area contributed by atoms with Crippen molar-refractivity contribution in [3.63, 3.8) is 0 Å². The van der Waals surface area contributed by atoms with Crippen LogP contribution in [0.25, 0.3) is 0 Å². The number of benzene rings is 1. The highest BCUT2D eigenvalue weighted by molar-refractivity contribution is 7.80. The topological polar surface area (TPSA) is 0 Å². The molecule has 0 spiro atoms. The second-order valence-corrected chi connectivity index (χ2v) is 3.02. The lowest BCUT2D eigenvalue weighted by Crippen LogP contribution is -1.56. The summed E-state index contributed by atoms with van der Waals surface area (Å²) >= 11 is 8.00. The summed E-state index contributed by atoms with van der Waals surface area (Å²) in [6.07, 6.45) is 1.18. The lowest BCUT2D eigenvalue weighted by molar-refractivity contribution is 1.11. The van der Waals surface area contributed by atoms with Crippen LogP contribution in [0.5, 0.6) is 0 Å². The molecule has 0 aliphatic heterocycles. The maximum absolute atomic E-state index is 4.08. The van der Waals surface area contributed by atoms with Gasteiger partial charge in [-0.25, -0.2) is 0 Å². The van der Waals surface area contributed by atoms with E-state index in [1.807, 2.05) is 30.3 Å². The highest BCUT2D eigenvalue weighted by Gasteiger charge is 1.73. The molecule has 0 aliphatic carbocycles. The fourth-order valence-corrected chi connectivity index (χ4v) is 0.600. The number of hydrogen-bond donors (Lipinski definition) is 2. The van der Waals surface area contributed by atoms with E-state index < -0.39 is 0 Å². The highest BCUT2D eigenvalue weighted by atomic mass is 32.1. The van der Waals surface area contributed by atoms with E-state index in [0.717, 1.165) is 10.6 Å². The predicted octanol–water partition coefficient (Wildman–Crippen LogP) is 3.30. The lowest BCUT2D eigenvalue weighted by atomic mass is 10.4. The molecule has 11 heavy (non-hydrogen) atoms. The van der Waals surface area contributed by atoms with Crippen molar-refractivity contribution in [3.05, 3.63) is 30.3 Å². The molecule has 0 aliphatic rings. The van der Waals surface area contributed by atoms with Gasteiger partial charge in [-0.05, 0) is 24.3 Å². The fraction of sp³-hybridized carbons (Fsp3) is 0.333. The minimum atomic E-state index is 1.01. The summed E-state index contributed by atoms with van der Waals surface area (Å²) in [7, 11) is 0. The van der Waals surface area contributed by atoms with Crippen LogP contribution in [-0.4, -0.2) is 5.75 Å². The second-order valence-electron chi connectivity index (χ2n) is 2.06. The summed E-state index contributed by atoms with van der Waals surface area (Å²) in [5.41, 5.74) is 0. The highest BCUT2D eigenvalue weighted by Crippen LogP contribution is 2.00. The van der Waals surface area contributed by atoms with E-state index in [0.29, 0.717) is 0 Å². The first-order valence-electron chi connectivity index (χ1n) is 3.66. The number of hydrogen-bond acceptors (Lipinski definition) is 2. The normalized spacial score (nSPS) is 8.27. The summed E-state index contributed by atoms with van der Waals surface area (Å²) in [6.45, 7) is 2.10. The number of rotatable bonds is 1. The first-order chi connectivity index (χ1) is 5.31. The molecule has 0 atom stereocenters. The predicted molar refractivity (Wildman–Crippen MR) is 57.8 cm³/mol. The van der Waals surface area contributed by atoms with Crippen LogP contribution in [0.15, 0.2) is 35.2 Å². The fourth-order valence-electron chi connectivity index (χ4n) is 0.428. The van der Waals surface area contributed by atoms with Crippen molar-refractivity contribution >= 4 is 25.3 Å². The van der Waals surface area contributed by atoms with E-state index in [-0.39, 0.29) is 0 Å². The Kier molecular flexibility index (Phi) is 7.96. The third-order valence-electron chi connectivity index (χ3n) is 0.980. The van der Waals surface area contributed by atoms with Gasteiger partial charge in [0.2, 0.25) is 0 Å². The molecule has 0 nitrogen and oxygen atoms in total. The molecule has 0 unspecified atom stereocenters. The van der Waals surface area contributed by atoms with Crippen molar-refractivity contribution in [2.45, 2.75) is 18.2 Å². The van der Waals surface area contributed by atoms with Crippen molar-refractivity contribution in [3.8, 4) is 0 Å². The summed E-state index contributed by atoms with van der Waals surface area (Å²) in [4.78, 5) is 1.02. The molecule has 1 aromatic rings. The first kappa shape index (κ1) is 10.9. The smallest absolute Gasteiger partial charge is 0.00399 e. The van der Waals surface area contributed by atoms with Crippen LogP contribution in [0.3, 0.4) is 0 Å². The molecular weight excluding hydrogens is 172 g/mol. The molecule has 2 heteroatoms. The molecule has 1 aromatic carbocycles. The minimum absolute atomic E-state index is 1.01. The molecule has 1 rings (SSSR count). The number of thiol groups is 2. The second kappa shape index (κ2) is 8.02. The third kappa shape index (κ3) is 7.82. The summed E-state index contributed by atoms with van der Waals surface area (Å²) in [5.74, 6) is 1.01. The Balaban J connectivity index is 0.000000218. The Labute approximate surface area is 79.8 Å². The average molecular weight is 186 g/mol. The maximum Gasteiger partial charge on any atom is 0.00399 e. The Hall–Kier alpha value is -0.0800. The van der Waals surface area contributed by atoms with Gasteiger partial charge in [0.15, 0.2) is 0 Å². The minimum Gasteiger partial charge on any atom is -0.179 e. The van der Waals surface area contributed by atoms with Crippen LogP contribution in [0.4, 0.5) is 0 Å². The zero-order chi connectivity index (χ0) is 8.53. The molecule has 0 bridgehead atoms. The van der Waals surface area contributed by atoms with E-state index >= 15 is 0 Å². The molecule has 0 saturated heterocycles. The summed E-state index contributed by atoms with van der Waals surface area (Å²) < 4.78 is 0. The van der Waals surface area contributed by atoms with Gasteiger partial charge in [-0.15, -0.1) is 12.6 Å². The van der Waals surface area contributed by atoms with Crippen LogP contribution in [0.1, 0.15) is 13.3 Å². The lowest BCUT2D eigenvalue weighted by Gasteiger charge is -1.81. The molecule has 0 amide bonds. The van der Waals surface area contributed by atoms with Gasteiger partial charge in [0.25, 0.3) is 0 Å². The molecule has 0 heterocycles. The van der Waals surface area contributed by atoms with Crippen LogP contribution < -0.4 is 0 Å². The van der Waals surface area contributed by atoms with E-state index in [9.17, 15) is 0 Å². The Morgan fingerprint density at radius 3 is 1.82 bits per heavy atom. The molecular formula is C9H14S2. The van der Waals surface area contributed by atoms with E-state index in [1.54, 1.807) is 0 Å². The SMILES string of the molecule is CCCS.Sc1ccccc1. The van der Waals surface area contributed by atoms with Gasteiger partial charge in [-0.2, -0.15) is 12.6 Å². The summed E-state index contributed by atoms with van der Waals surface area (Å²) in [6, 6.07) is 9.79. The first-order valence-corrected chi connectivity index (χ1v) is 4.74. The van der Waals surface area contributed by atoms with Gasteiger partial charge >= 0.3 is 0 Å². The zero-order valence-corrected chi connectivity index (χ0v) is 8.48. The van der Waals surface area contributed by atoms with Gasteiger partial charge in [-0.1, -0.05) is 25.1 Å². The third-order valence-corrected chi connectivity index (χ3v) is 1.73. The molecule has 0 N–H and O–H groups in total. The van der Waals surface area contributed by atoms with Crippen molar-refractivity contribution in [1.29, 1.82) is 0 Å². The van der Waals surface area contributed by atoms with E-state index in [2.05, 4.69) is 32.2 Å². The standard InChI is InChI=1S/C6H6S.C3H8S/c7-6-4-2-1-3-5-6;1-2-3-4/h1-5,7H;4H,2-3H2,1H3. The largest absolute Gasteiger partial charge is 0.179 e. The van der Waals surface area contributed by atoms with Crippen molar-refractivity contribution < 1.29 is 0 Å². The van der Waals surface area contributed by atoms with Crippen LogP contribution in [0.2, 0.25) is 0 Å². The Morgan fingerprint density at radius 2 is 1.64 bits per heavy atom. The van der Waals surface area contributed by atoms with Crippen LogP contribution in [0, 0.1) is 0 Å². The van der Waals surface area contributed by atoms with Gasteiger partial charge in [0, 0.05) is 4.90 Å². The molecule has 0 radical (unpaired) electrons. The Morgan fingerprint density at radius 1 is 1.18 bits per heavy atom. The van der Waals surface area contributed by atoms with Gasteiger partial charge < -0.3 is 0 Å². The average Bonchev–Trinajstić information content (AvgIpc) is 2.07. The van der Waals surface area contributed by atoms with Crippen molar-refractivity contribution in [1.82, 2.24) is 0 Å². The molecule has 0 fully saturated rings. The molecule has 0 saturated carbocycles.